The number of hydrogen-bond donors (Lipinski definition) is 2. The highest BCUT2D eigenvalue weighted by Crippen LogP contribution is 2.37. The van der Waals surface area contributed by atoms with Crippen LogP contribution in [-0.2, 0) is 0 Å². The monoisotopic (exact) mass is 279 g/mol. The van der Waals surface area contributed by atoms with Crippen LogP contribution in [-0.4, -0.2) is 36.6 Å². The van der Waals surface area contributed by atoms with E-state index in [0.29, 0.717) is 11.5 Å². The summed E-state index contributed by atoms with van der Waals surface area (Å²) in [7, 11) is 0. The van der Waals surface area contributed by atoms with E-state index >= 15 is 0 Å². The first-order chi connectivity index (χ1) is 9.07. The third-order valence-corrected chi connectivity index (χ3v) is 5.05. The Morgan fingerprint density at radius 3 is 3.21 bits per heavy atom. The SMILES string of the molecule is Cc1nc(NCC2(C)CCCS2)cc2n[nH]c(=O)n12. The molecule has 2 aromatic heterocycles. The van der Waals surface area contributed by atoms with Crippen LogP contribution < -0.4 is 11.0 Å². The maximum Gasteiger partial charge on any atom is 0.349 e. The Morgan fingerprint density at radius 1 is 1.63 bits per heavy atom. The van der Waals surface area contributed by atoms with E-state index in [1.165, 1.54) is 23.0 Å². The molecule has 19 heavy (non-hydrogen) atoms. The standard InChI is InChI=1S/C12H17N5OS/c1-8-14-9(6-10-15-16-11(18)17(8)10)13-7-12(2)4-3-5-19-12/h6,13H,3-5,7H2,1-2H3,(H,16,18). The zero-order chi connectivity index (χ0) is 13.5. The fourth-order valence-corrected chi connectivity index (χ4v) is 3.69. The van der Waals surface area contributed by atoms with Gasteiger partial charge in [-0.05, 0) is 32.4 Å². The zero-order valence-corrected chi connectivity index (χ0v) is 11.9. The van der Waals surface area contributed by atoms with Crippen LogP contribution in [0.25, 0.3) is 5.65 Å². The lowest BCUT2D eigenvalue weighted by Crippen LogP contribution is -2.27. The summed E-state index contributed by atoms with van der Waals surface area (Å²) in [5.74, 6) is 2.65. The molecule has 1 atom stereocenters. The Morgan fingerprint density at radius 2 is 2.47 bits per heavy atom. The number of thioether (sulfide) groups is 1. The number of nitrogens with one attached hydrogen (secondary N) is 2. The Kier molecular flexibility index (Phi) is 3.00. The lowest BCUT2D eigenvalue weighted by molar-refractivity contribution is 0.633. The maximum atomic E-state index is 11.5. The van der Waals surface area contributed by atoms with Crippen molar-refractivity contribution in [3.63, 3.8) is 0 Å². The molecule has 3 rings (SSSR count). The van der Waals surface area contributed by atoms with E-state index in [2.05, 4.69) is 27.4 Å². The summed E-state index contributed by atoms with van der Waals surface area (Å²) >= 11 is 2.01. The fourth-order valence-electron chi connectivity index (χ4n) is 2.44. The van der Waals surface area contributed by atoms with Crippen molar-refractivity contribution < 1.29 is 0 Å². The average molecular weight is 279 g/mol. The fraction of sp³-hybridized carbons (Fsp3) is 0.583. The molecule has 1 saturated heterocycles. The van der Waals surface area contributed by atoms with Gasteiger partial charge in [-0.3, -0.25) is 0 Å². The lowest BCUT2D eigenvalue weighted by atomic mass is 10.1. The van der Waals surface area contributed by atoms with Gasteiger partial charge < -0.3 is 5.32 Å². The number of nitrogens with zero attached hydrogens (tertiary/aromatic N) is 3. The normalized spacial score (nSPS) is 23.1. The van der Waals surface area contributed by atoms with Crippen LogP contribution in [0, 0.1) is 6.92 Å². The summed E-state index contributed by atoms with van der Waals surface area (Å²) in [6, 6.07) is 1.80. The smallest absolute Gasteiger partial charge is 0.349 e. The number of aromatic nitrogens is 4. The van der Waals surface area contributed by atoms with Crippen molar-refractivity contribution in [1.29, 1.82) is 0 Å². The van der Waals surface area contributed by atoms with E-state index in [0.717, 1.165) is 12.4 Å². The number of rotatable bonds is 3. The summed E-state index contributed by atoms with van der Waals surface area (Å²) in [6.07, 6.45) is 2.51. The lowest BCUT2D eigenvalue weighted by Gasteiger charge is -2.23. The van der Waals surface area contributed by atoms with Crippen LogP contribution in [0.5, 0.6) is 0 Å². The van der Waals surface area contributed by atoms with Gasteiger partial charge in [-0.2, -0.15) is 16.9 Å². The molecule has 7 heteroatoms. The summed E-state index contributed by atoms with van der Waals surface area (Å²) in [6.45, 7) is 4.97. The van der Waals surface area contributed by atoms with Gasteiger partial charge in [0.05, 0.1) is 0 Å². The molecular weight excluding hydrogens is 262 g/mol. The van der Waals surface area contributed by atoms with Crippen LogP contribution in [0.3, 0.4) is 0 Å². The van der Waals surface area contributed by atoms with E-state index < -0.39 is 0 Å². The first-order valence-electron chi connectivity index (χ1n) is 6.40. The van der Waals surface area contributed by atoms with Crippen LogP contribution in [0.2, 0.25) is 0 Å². The minimum atomic E-state index is -0.245. The molecule has 0 amide bonds. The van der Waals surface area contributed by atoms with E-state index in [-0.39, 0.29) is 10.4 Å². The quantitative estimate of drug-likeness (QED) is 0.889. The summed E-state index contributed by atoms with van der Waals surface area (Å²) < 4.78 is 1.75. The summed E-state index contributed by atoms with van der Waals surface area (Å²) in [5.41, 5.74) is 0.356. The van der Waals surface area contributed by atoms with Crippen molar-refractivity contribution in [3.8, 4) is 0 Å². The number of aryl methyl sites for hydroxylation is 1. The molecule has 1 unspecified atom stereocenters. The van der Waals surface area contributed by atoms with Gasteiger partial charge >= 0.3 is 5.69 Å². The van der Waals surface area contributed by atoms with E-state index in [1.807, 2.05) is 11.8 Å². The van der Waals surface area contributed by atoms with E-state index in [1.54, 1.807) is 13.0 Å². The molecule has 0 spiro atoms. The molecule has 0 bridgehead atoms. The van der Waals surface area contributed by atoms with Gasteiger partial charge in [0, 0.05) is 17.4 Å². The molecule has 2 aromatic rings. The number of H-pyrrole nitrogens is 1. The van der Waals surface area contributed by atoms with E-state index in [4.69, 9.17) is 0 Å². The number of aromatic amines is 1. The van der Waals surface area contributed by atoms with Gasteiger partial charge in [0.2, 0.25) is 0 Å². The molecule has 0 radical (unpaired) electrons. The van der Waals surface area contributed by atoms with Crippen molar-refractivity contribution >= 4 is 23.2 Å². The van der Waals surface area contributed by atoms with Crippen LogP contribution in [0.4, 0.5) is 5.82 Å². The maximum absolute atomic E-state index is 11.5. The minimum Gasteiger partial charge on any atom is -0.369 e. The highest BCUT2D eigenvalue weighted by atomic mass is 32.2. The highest BCUT2D eigenvalue weighted by Gasteiger charge is 2.29. The first kappa shape index (κ1) is 12.5. The van der Waals surface area contributed by atoms with Crippen LogP contribution >= 0.6 is 11.8 Å². The highest BCUT2D eigenvalue weighted by molar-refractivity contribution is 8.00. The van der Waals surface area contributed by atoms with Gasteiger partial charge in [-0.25, -0.2) is 19.3 Å². The molecular formula is C12H17N5OS. The summed E-state index contributed by atoms with van der Waals surface area (Å²) in [4.78, 5) is 15.9. The second-order valence-electron chi connectivity index (χ2n) is 5.17. The van der Waals surface area contributed by atoms with Crippen molar-refractivity contribution in [2.75, 3.05) is 17.6 Å². The third kappa shape index (κ3) is 2.34. The second-order valence-corrected chi connectivity index (χ2v) is 6.85. The summed E-state index contributed by atoms with van der Waals surface area (Å²) in [5, 5.41) is 9.78. The molecule has 0 saturated carbocycles. The average Bonchev–Trinajstić information content (AvgIpc) is 2.95. The molecule has 1 fully saturated rings. The largest absolute Gasteiger partial charge is 0.369 e. The van der Waals surface area contributed by atoms with Crippen molar-refractivity contribution in [2.24, 2.45) is 0 Å². The Hall–Kier alpha value is -1.50. The second kappa shape index (κ2) is 4.56. The molecule has 1 aliphatic rings. The van der Waals surface area contributed by atoms with Gasteiger partial charge in [-0.1, -0.05) is 0 Å². The first-order valence-corrected chi connectivity index (χ1v) is 7.39. The molecule has 2 N–H and O–H groups in total. The number of anilines is 1. The van der Waals surface area contributed by atoms with Crippen molar-refractivity contribution in [3.05, 3.63) is 22.4 Å². The molecule has 3 heterocycles. The Bertz CT molecular complexity index is 656. The zero-order valence-electron chi connectivity index (χ0n) is 11.1. The molecule has 102 valence electrons. The molecule has 1 aliphatic heterocycles. The van der Waals surface area contributed by atoms with E-state index in [9.17, 15) is 4.79 Å². The predicted octanol–water partition coefficient (Wildman–Crippen LogP) is 1.42. The predicted molar refractivity (Wildman–Crippen MR) is 76.9 cm³/mol. The molecule has 0 aliphatic carbocycles. The minimum absolute atomic E-state index is 0.245. The third-order valence-electron chi connectivity index (χ3n) is 3.51. The van der Waals surface area contributed by atoms with Gasteiger partial charge in [0.15, 0.2) is 5.65 Å². The number of fused-ring (bicyclic) bond motifs is 1. The topological polar surface area (TPSA) is 75.1 Å². The Balaban J connectivity index is 1.83. The van der Waals surface area contributed by atoms with Crippen LogP contribution in [0.1, 0.15) is 25.6 Å². The van der Waals surface area contributed by atoms with Crippen molar-refractivity contribution in [2.45, 2.75) is 31.4 Å². The van der Waals surface area contributed by atoms with Crippen molar-refractivity contribution in [1.82, 2.24) is 19.6 Å². The number of hydrogen-bond acceptors (Lipinski definition) is 5. The Labute approximate surface area is 115 Å². The van der Waals surface area contributed by atoms with Gasteiger partial charge in [0.25, 0.3) is 0 Å². The van der Waals surface area contributed by atoms with Gasteiger partial charge in [0.1, 0.15) is 11.6 Å². The van der Waals surface area contributed by atoms with Gasteiger partial charge in [-0.15, -0.1) is 0 Å². The van der Waals surface area contributed by atoms with Crippen LogP contribution in [0.15, 0.2) is 10.9 Å². The molecule has 0 aromatic carbocycles. The molecule has 6 nitrogen and oxygen atoms in total.